The second kappa shape index (κ2) is 11.7. The number of anilines is 1. The van der Waals surface area contributed by atoms with Crippen molar-refractivity contribution in [3.8, 4) is 0 Å². The summed E-state index contributed by atoms with van der Waals surface area (Å²) in [6, 6.07) is 12.9. The molecular formula is C29H36ClN2O5+. The van der Waals surface area contributed by atoms with Crippen molar-refractivity contribution in [3.05, 3.63) is 64.2 Å². The van der Waals surface area contributed by atoms with Gasteiger partial charge in [-0.1, -0.05) is 41.9 Å². The zero-order valence-electron chi connectivity index (χ0n) is 21.7. The molecule has 1 heterocycles. The van der Waals surface area contributed by atoms with Crippen molar-refractivity contribution in [2.45, 2.75) is 64.5 Å². The molecule has 0 atom stereocenters. The number of likely N-dealkylation sites (tertiary alicyclic amines) is 1. The maximum atomic E-state index is 14.1. The number of carbonyl (C=O) groups is 3. The molecule has 2 aromatic rings. The van der Waals surface area contributed by atoms with Crippen LogP contribution in [0, 0.1) is 6.92 Å². The fourth-order valence-electron chi connectivity index (χ4n) is 5.82. The summed E-state index contributed by atoms with van der Waals surface area (Å²) >= 11 is 6.23. The van der Waals surface area contributed by atoms with Crippen molar-refractivity contribution in [2.75, 3.05) is 31.6 Å². The summed E-state index contributed by atoms with van der Waals surface area (Å²) in [4.78, 5) is 39.9. The van der Waals surface area contributed by atoms with Gasteiger partial charge in [-0.3, -0.25) is 4.79 Å². The number of rotatable bonds is 9. The van der Waals surface area contributed by atoms with Crippen LogP contribution in [-0.4, -0.2) is 54.1 Å². The van der Waals surface area contributed by atoms with E-state index in [1.807, 2.05) is 37.3 Å². The van der Waals surface area contributed by atoms with E-state index in [-0.39, 0.29) is 37.2 Å². The molecule has 0 spiro atoms. The minimum absolute atomic E-state index is 0.157. The van der Waals surface area contributed by atoms with E-state index in [0.29, 0.717) is 33.6 Å². The van der Waals surface area contributed by atoms with Crippen LogP contribution in [0.25, 0.3) is 0 Å². The van der Waals surface area contributed by atoms with Crippen LogP contribution in [-0.2, 0) is 25.7 Å². The lowest BCUT2D eigenvalue weighted by molar-refractivity contribution is -0.970. The number of hydrogen-bond donors (Lipinski definition) is 1. The first-order valence-corrected chi connectivity index (χ1v) is 13.5. The van der Waals surface area contributed by atoms with E-state index in [1.165, 1.54) is 6.07 Å². The van der Waals surface area contributed by atoms with Crippen LogP contribution in [0.2, 0.25) is 5.02 Å². The monoisotopic (exact) mass is 527 g/mol. The number of esters is 2. The molecule has 8 heteroatoms. The average Bonchev–Trinajstić information content (AvgIpc) is 2.85. The molecule has 0 aromatic heterocycles. The number of piperidine rings is 1. The van der Waals surface area contributed by atoms with E-state index in [9.17, 15) is 14.4 Å². The Morgan fingerprint density at radius 2 is 1.70 bits per heavy atom. The van der Waals surface area contributed by atoms with Crippen LogP contribution in [0.4, 0.5) is 5.69 Å². The molecule has 1 saturated carbocycles. The Balaban J connectivity index is 1.59. The van der Waals surface area contributed by atoms with Gasteiger partial charge in [0.05, 0.1) is 30.9 Å². The maximum absolute atomic E-state index is 14.1. The maximum Gasteiger partial charge on any atom is 0.362 e. The average molecular weight is 528 g/mol. The number of amides is 1. The fourth-order valence-corrected chi connectivity index (χ4v) is 6.10. The van der Waals surface area contributed by atoms with Gasteiger partial charge in [0, 0.05) is 17.9 Å². The van der Waals surface area contributed by atoms with Crippen molar-refractivity contribution < 1.29 is 28.3 Å². The van der Waals surface area contributed by atoms with Gasteiger partial charge in [0.2, 0.25) is 0 Å². The number of hydrogen-bond acceptors (Lipinski definition) is 5. The lowest BCUT2D eigenvalue weighted by Gasteiger charge is -2.57. The summed E-state index contributed by atoms with van der Waals surface area (Å²) in [7, 11) is 0. The van der Waals surface area contributed by atoms with Crippen LogP contribution in [0.15, 0.2) is 42.5 Å². The van der Waals surface area contributed by atoms with Crippen LogP contribution < -0.4 is 5.32 Å². The number of halogens is 1. The molecule has 7 nitrogen and oxygen atoms in total. The number of benzene rings is 2. The van der Waals surface area contributed by atoms with Gasteiger partial charge in [0.1, 0.15) is 6.61 Å². The van der Waals surface area contributed by atoms with Gasteiger partial charge < -0.3 is 19.3 Å². The van der Waals surface area contributed by atoms with Gasteiger partial charge in [-0.2, -0.15) is 0 Å². The zero-order valence-corrected chi connectivity index (χ0v) is 22.4. The van der Waals surface area contributed by atoms with Crippen LogP contribution >= 0.6 is 11.6 Å². The van der Waals surface area contributed by atoms with E-state index < -0.39 is 11.5 Å². The number of ether oxygens (including phenoxy) is 2. The molecule has 1 N–H and O–H groups in total. The van der Waals surface area contributed by atoms with Gasteiger partial charge in [-0.15, -0.1) is 0 Å². The molecule has 0 radical (unpaired) electrons. The van der Waals surface area contributed by atoms with Gasteiger partial charge in [-0.25, -0.2) is 9.59 Å². The third kappa shape index (κ3) is 5.68. The first kappa shape index (κ1) is 27.1. The van der Waals surface area contributed by atoms with E-state index >= 15 is 0 Å². The number of carbonyl (C=O) groups excluding carboxylic acids is 3. The normalized spacial score (nSPS) is 17.8. The highest BCUT2D eigenvalue weighted by molar-refractivity contribution is 6.31. The largest absolute Gasteiger partial charge is 0.462 e. The summed E-state index contributed by atoms with van der Waals surface area (Å²) in [6.45, 7) is 5.63. The predicted octanol–water partition coefficient (Wildman–Crippen LogP) is 5.43. The summed E-state index contributed by atoms with van der Waals surface area (Å²) in [5.41, 5.74) is 1.53. The number of quaternary nitrogens is 1. The third-order valence-corrected chi connectivity index (χ3v) is 8.11. The molecule has 1 aliphatic carbocycles. The summed E-state index contributed by atoms with van der Waals surface area (Å²) < 4.78 is 11.3. The van der Waals surface area contributed by atoms with Crippen LogP contribution in [0.3, 0.4) is 0 Å². The predicted molar refractivity (Wildman–Crippen MR) is 142 cm³/mol. The number of aryl methyl sites for hydroxylation is 1. The molecule has 4 rings (SSSR count). The van der Waals surface area contributed by atoms with Crippen LogP contribution in [0.5, 0.6) is 0 Å². The molecule has 1 aliphatic heterocycles. The Labute approximate surface area is 223 Å². The lowest BCUT2D eigenvalue weighted by atomic mass is 9.71. The van der Waals surface area contributed by atoms with Crippen LogP contribution in [0.1, 0.15) is 66.9 Å². The Hall–Kier alpha value is -2.90. The van der Waals surface area contributed by atoms with Gasteiger partial charge in [0.25, 0.3) is 5.91 Å². The molecule has 0 bridgehead atoms. The SMILES string of the molecule is CCOC(=O)c1cc(Cl)cc(C)c1NC(=O)C1([N+]2(CC(=O)OCc3ccccc3)CCCCC2)CCC1. The Morgan fingerprint density at radius 1 is 1.00 bits per heavy atom. The first-order valence-electron chi connectivity index (χ1n) is 13.1. The van der Waals surface area contributed by atoms with Crippen molar-refractivity contribution in [2.24, 2.45) is 0 Å². The summed E-state index contributed by atoms with van der Waals surface area (Å²) in [5, 5.41) is 3.48. The quantitative estimate of drug-likeness (QED) is 0.347. The molecule has 1 amide bonds. The fraction of sp³-hybridized carbons (Fsp3) is 0.483. The number of nitrogens with zero attached hydrogens (tertiary/aromatic N) is 1. The number of nitrogens with one attached hydrogen (secondary N) is 1. The van der Waals surface area contributed by atoms with E-state index in [2.05, 4.69) is 5.32 Å². The molecule has 2 aromatic carbocycles. The highest BCUT2D eigenvalue weighted by Gasteiger charge is 2.61. The van der Waals surface area contributed by atoms with E-state index in [4.69, 9.17) is 21.1 Å². The highest BCUT2D eigenvalue weighted by atomic mass is 35.5. The molecule has 0 unspecified atom stereocenters. The van der Waals surface area contributed by atoms with E-state index in [1.54, 1.807) is 13.0 Å². The first-order chi connectivity index (χ1) is 17.8. The Morgan fingerprint density at radius 3 is 2.32 bits per heavy atom. The summed E-state index contributed by atoms with van der Waals surface area (Å²) in [5.74, 6) is -0.982. The van der Waals surface area contributed by atoms with Crippen molar-refractivity contribution in [1.29, 1.82) is 0 Å². The van der Waals surface area contributed by atoms with E-state index in [0.717, 1.165) is 44.3 Å². The molecule has 198 valence electrons. The highest BCUT2D eigenvalue weighted by Crippen LogP contribution is 2.46. The topological polar surface area (TPSA) is 81.7 Å². The van der Waals surface area contributed by atoms with Gasteiger partial charge in [0.15, 0.2) is 12.1 Å². The Kier molecular flexibility index (Phi) is 8.55. The zero-order chi connectivity index (χ0) is 26.5. The minimum Gasteiger partial charge on any atom is -0.462 e. The third-order valence-electron chi connectivity index (χ3n) is 7.89. The lowest BCUT2D eigenvalue weighted by Crippen LogP contribution is -2.74. The van der Waals surface area contributed by atoms with Crippen molar-refractivity contribution in [3.63, 3.8) is 0 Å². The van der Waals surface area contributed by atoms with Gasteiger partial charge in [-0.05, 0) is 62.8 Å². The standard InChI is InChI=1S/C29H35ClN2O5/c1-3-36-27(34)24-18-23(30)17-21(2)26(24)31-28(35)29(13-10-14-29)32(15-8-5-9-16-32)19-25(33)37-20-22-11-6-4-7-12-22/h4,6-7,11-12,17-18H,3,5,8-10,13-16,19-20H2,1-2H3/p+1. The minimum atomic E-state index is -0.746. The second-order valence-electron chi connectivity index (χ2n) is 10.2. The molecule has 1 saturated heterocycles. The second-order valence-corrected chi connectivity index (χ2v) is 10.6. The molecule has 2 fully saturated rings. The Bertz CT molecular complexity index is 1140. The van der Waals surface area contributed by atoms with Crippen molar-refractivity contribution in [1.82, 2.24) is 0 Å². The van der Waals surface area contributed by atoms with Gasteiger partial charge >= 0.3 is 11.9 Å². The summed E-state index contributed by atoms with van der Waals surface area (Å²) in [6.07, 6.45) is 5.28. The molecule has 37 heavy (non-hydrogen) atoms. The smallest absolute Gasteiger partial charge is 0.362 e. The molecular weight excluding hydrogens is 492 g/mol. The molecule has 2 aliphatic rings. The van der Waals surface area contributed by atoms with Crippen molar-refractivity contribution >= 4 is 35.1 Å².